The maximum absolute atomic E-state index is 4.42. The molecule has 3 heteroatoms. The van der Waals surface area contributed by atoms with Gasteiger partial charge in [-0.05, 0) is 25.5 Å². The average Bonchev–Trinajstić information content (AvgIpc) is 2.95. The zero-order valence-electron chi connectivity index (χ0n) is 12.5. The normalized spacial score (nSPS) is 12.5. The summed E-state index contributed by atoms with van der Waals surface area (Å²) in [7, 11) is 0. The minimum Gasteiger partial charge on any atom is -0.310 e. The van der Waals surface area contributed by atoms with Gasteiger partial charge in [-0.1, -0.05) is 44.4 Å². The van der Waals surface area contributed by atoms with Crippen LogP contribution in [0.2, 0.25) is 0 Å². The van der Waals surface area contributed by atoms with Crippen LogP contribution in [0.5, 0.6) is 0 Å². The molecule has 2 aromatic rings. The van der Waals surface area contributed by atoms with Gasteiger partial charge in [-0.2, -0.15) is 5.10 Å². The Kier molecular flexibility index (Phi) is 5.81. The SMILES string of the molecule is CCCCCC(C)NCc1cnn(-c2ccccc2)c1. The molecular formula is C17H25N3. The molecule has 0 saturated carbocycles. The summed E-state index contributed by atoms with van der Waals surface area (Å²) in [4.78, 5) is 0. The first kappa shape index (κ1) is 14.8. The second-order valence-corrected chi connectivity index (χ2v) is 5.41. The topological polar surface area (TPSA) is 29.9 Å². The highest BCUT2D eigenvalue weighted by Gasteiger charge is 2.04. The summed E-state index contributed by atoms with van der Waals surface area (Å²) in [5, 5.41) is 7.99. The molecule has 1 unspecified atom stereocenters. The van der Waals surface area contributed by atoms with E-state index in [1.165, 1.54) is 31.2 Å². The van der Waals surface area contributed by atoms with Crippen LogP contribution in [0.4, 0.5) is 0 Å². The molecule has 1 heterocycles. The Morgan fingerprint density at radius 2 is 2.00 bits per heavy atom. The molecule has 1 N–H and O–H groups in total. The minimum absolute atomic E-state index is 0.571. The maximum atomic E-state index is 4.42. The molecule has 1 aromatic carbocycles. The predicted molar refractivity (Wildman–Crippen MR) is 84.0 cm³/mol. The maximum Gasteiger partial charge on any atom is 0.0645 e. The average molecular weight is 271 g/mol. The fourth-order valence-corrected chi connectivity index (χ4v) is 2.27. The van der Waals surface area contributed by atoms with E-state index in [2.05, 4.69) is 42.6 Å². The van der Waals surface area contributed by atoms with E-state index < -0.39 is 0 Å². The second-order valence-electron chi connectivity index (χ2n) is 5.41. The molecule has 2 rings (SSSR count). The third-order valence-electron chi connectivity index (χ3n) is 3.55. The van der Waals surface area contributed by atoms with Gasteiger partial charge in [-0.25, -0.2) is 4.68 Å². The van der Waals surface area contributed by atoms with Crippen molar-refractivity contribution in [2.24, 2.45) is 0 Å². The summed E-state index contributed by atoms with van der Waals surface area (Å²) in [6, 6.07) is 10.8. The molecular weight excluding hydrogens is 246 g/mol. The Hall–Kier alpha value is -1.61. The van der Waals surface area contributed by atoms with Crippen LogP contribution in [-0.2, 0) is 6.54 Å². The van der Waals surface area contributed by atoms with Crippen LogP contribution >= 0.6 is 0 Å². The van der Waals surface area contributed by atoms with Crippen molar-refractivity contribution < 1.29 is 0 Å². The minimum atomic E-state index is 0.571. The number of para-hydroxylation sites is 1. The number of nitrogens with zero attached hydrogens (tertiary/aromatic N) is 2. The quantitative estimate of drug-likeness (QED) is 0.737. The van der Waals surface area contributed by atoms with E-state index in [-0.39, 0.29) is 0 Å². The largest absolute Gasteiger partial charge is 0.310 e. The lowest BCUT2D eigenvalue weighted by molar-refractivity contribution is 0.487. The Labute approximate surface area is 122 Å². The van der Waals surface area contributed by atoms with E-state index in [1.807, 2.05) is 29.1 Å². The summed E-state index contributed by atoms with van der Waals surface area (Å²) < 4.78 is 1.93. The van der Waals surface area contributed by atoms with Gasteiger partial charge in [-0.3, -0.25) is 0 Å². The summed E-state index contributed by atoms with van der Waals surface area (Å²) in [6.07, 6.45) is 9.23. The third-order valence-corrected chi connectivity index (χ3v) is 3.55. The molecule has 0 fully saturated rings. The molecule has 0 amide bonds. The van der Waals surface area contributed by atoms with Crippen molar-refractivity contribution in [1.82, 2.24) is 15.1 Å². The first-order chi connectivity index (χ1) is 9.79. The monoisotopic (exact) mass is 271 g/mol. The third kappa shape index (κ3) is 4.49. The molecule has 108 valence electrons. The molecule has 0 aliphatic rings. The van der Waals surface area contributed by atoms with Crippen molar-refractivity contribution in [1.29, 1.82) is 0 Å². The summed E-state index contributed by atoms with van der Waals surface area (Å²) in [6.45, 7) is 5.40. The fourth-order valence-electron chi connectivity index (χ4n) is 2.27. The highest BCUT2D eigenvalue weighted by molar-refractivity contribution is 5.30. The van der Waals surface area contributed by atoms with Crippen molar-refractivity contribution in [2.45, 2.75) is 52.1 Å². The van der Waals surface area contributed by atoms with Crippen molar-refractivity contribution in [2.75, 3.05) is 0 Å². The Morgan fingerprint density at radius 3 is 2.75 bits per heavy atom. The van der Waals surface area contributed by atoms with E-state index in [9.17, 15) is 0 Å². The van der Waals surface area contributed by atoms with Crippen molar-refractivity contribution in [3.63, 3.8) is 0 Å². The van der Waals surface area contributed by atoms with Crippen LogP contribution in [0.1, 0.15) is 45.1 Å². The Balaban J connectivity index is 1.81. The standard InChI is InChI=1S/C17H25N3/c1-3-4-6-9-15(2)18-12-16-13-19-20(14-16)17-10-7-5-8-11-17/h5,7-8,10-11,13-15,18H,3-4,6,9,12H2,1-2H3. The van der Waals surface area contributed by atoms with Gasteiger partial charge < -0.3 is 5.32 Å². The van der Waals surface area contributed by atoms with Crippen LogP contribution in [0, 0.1) is 0 Å². The molecule has 3 nitrogen and oxygen atoms in total. The molecule has 0 bridgehead atoms. The number of unbranched alkanes of at least 4 members (excludes halogenated alkanes) is 2. The number of aromatic nitrogens is 2. The van der Waals surface area contributed by atoms with Crippen LogP contribution in [0.15, 0.2) is 42.7 Å². The number of hydrogen-bond acceptors (Lipinski definition) is 2. The lowest BCUT2D eigenvalue weighted by Crippen LogP contribution is -2.25. The lowest BCUT2D eigenvalue weighted by Gasteiger charge is -2.12. The molecule has 20 heavy (non-hydrogen) atoms. The highest BCUT2D eigenvalue weighted by atomic mass is 15.3. The fraction of sp³-hybridized carbons (Fsp3) is 0.471. The summed E-state index contributed by atoms with van der Waals surface area (Å²) in [5.41, 5.74) is 2.34. The summed E-state index contributed by atoms with van der Waals surface area (Å²) in [5.74, 6) is 0. The Morgan fingerprint density at radius 1 is 1.20 bits per heavy atom. The van der Waals surface area contributed by atoms with Crippen LogP contribution in [0.3, 0.4) is 0 Å². The zero-order chi connectivity index (χ0) is 14.2. The smallest absolute Gasteiger partial charge is 0.0645 e. The molecule has 0 aliphatic heterocycles. The molecule has 1 atom stereocenters. The van der Waals surface area contributed by atoms with E-state index in [0.29, 0.717) is 6.04 Å². The number of hydrogen-bond donors (Lipinski definition) is 1. The van der Waals surface area contributed by atoms with Gasteiger partial charge in [0.2, 0.25) is 0 Å². The molecule has 0 aliphatic carbocycles. The van der Waals surface area contributed by atoms with Crippen molar-refractivity contribution >= 4 is 0 Å². The molecule has 0 saturated heterocycles. The van der Waals surface area contributed by atoms with Gasteiger partial charge in [0.1, 0.15) is 0 Å². The van der Waals surface area contributed by atoms with Gasteiger partial charge in [0.05, 0.1) is 11.9 Å². The Bertz CT molecular complexity index is 490. The lowest BCUT2D eigenvalue weighted by atomic mass is 10.1. The number of rotatable bonds is 8. The van der Waals surface area contributed by atoms with Gasteiger partial charge in [0.25, 0.3) is 0 Å². The number of nitrogens with one attached hydrogen (secondary N) is 1. The first-order valence-corrected chi connectivity index (χ1v) is 7.62. The van der Waals surface area contributed by atoms with E-state index in [0.717, 1.165) is 12.2 Å². The van der Waals surface area contributed by atoms with Crippen molar-refractivity contribution in [3.05, 3.63) is 48.3 Å². The van der Waals surface area contributed by atoms with Crippen LogP contribution < -0.4 is 5.32 Å². The predicted octanol–water partition coefficient (Wildman–Crippen LogP) is 3.93. The van der Waals surface area contributed by atoms with E-state index >= 15 is 0 Å². The van der Waals surface area contributed by atoms with Gasteiger partial charge in [0.15, 0.2) is 0 Å². The van der Waals surface area contributed by atoms with Crippen LogP contribution in [0.25, 0.3) is 5.69 Å². The highest BCUT2D eigenvalue weighted by Crippen LogP contribution is 2.08. The van der Waals surface area contributed by atoms with Gasteiger partial charge in [0, 0.05) is 24.3 Å². The van der Waals surface area contributed by atoms with Crippen LogP contribution in [-0.4, -0.2) is 15.8 Å². The molecule has 0 radical (unpaired) electrons. The zero-order valence-corrected chi connectivity index (χ0v) is 12.5. The van der Waals surface area contributed by atoms with Gasteiger partial charge in [-0.15, -0.1) is 0 Å². The first-order valence-electron chi connectivity index (χ1n) is 7.62. The van der Waals surface area contributed by atoms with Crippen molar-refractivity contribution in [3.8, 4) is 5.69 Å². The van der Waals surface area contributed by atoms with E-state index in [4.69, 9.17) is 0 Å². The van der Waals surface area contributed by atoms with E-state index in [1.54, 1.807) is 0 Å². The van der Waals surface area contributed by atoms with Gasteiger partial charge >= 0.3 is 0 Å². The molecule has 1 aromatic heterocycles. The number of benzene rings is 1. The summed E-state index contributed by atoms with van der Waals surface area (Å²) >= 11 is 0. The second kappa shape index (κ2) is 7.85. The molecule has 0 spiro atoms.